The Kier molecular flexibility index (Phi) is 5.81. The number of nitrogens with one attached hydrogen (secondary N) is 2. The molecular weight excluding hydrogens is 276 g/mol. The van der Waals surface area contributed by atoms with Gasteiger partial charge in [0, 0.05) is 11.7 Å². The molecule has 1 aromatic carbocycles. The molecule has 0 spiro atoms. The quantitative estimate of drug-likeness (QED) is 0.590. The number of rotatable bonds is 4. The van der Waals surface area contributed by atoms with Crippen LogP contribution < -0.4 is 16.4 Å². The predicted molar refractivity (Wildman–Crippen MR) is 91.0 cm³/mol. The second-order valence-electron chi connectivity index (χ2n) is 6.11. The Hall–Kier alpha value is -2.04. The maximum atomic E-state index is 11.9. The van der Waals surface area contributed by atoms with Gasteiger partial charge in [0.05, 0.1) is 0 Å². The van der Waals surface area contributed by atoms with E-state index in [-0.39, 0.29) is 18.4 Å². The van der Waals surface area contributed by atoms with Gasteiger partial charge in [0.25, 0.3) is 0 Å². The Labute approximate surface area is 132 Å². The largest absolute Gasteiger partial charge is 0.370 e. The number of carbonyl (C=O) groups excluding carboxylic acids is 1. The van der Waals surface area contributed by atoms with Crippen molar-refractivity contribution in [3.05, 3.63) is 29.3 Å². The number of amides is 1. The third kappa shape index (κ3) is 5.39. The molecule has 1 saturated carbocycles. The fourth-order valence-corrected chi connectivity index (χ4v) is 2.91. The second kappa shape index (κ2) is 7.82. The lowest BCUT2D eigenvalue weighted by atomic mass is 9.95. The van der Waals surface area contributed by atoms with Crippen LogP contribution in [0.15, 0.2) is 23.2 Å². The van der Waals surface area contributed by atoms with Crippen LogP contribution in [-0.2, 0) is 4.79 Å². The number of aliphatic imine (C=N–C) groups is 1. The standard InChI is InChI=1S/C17H26N4O/c1-12-8-13(2)10-15(9-12)21-17(18)19-11-16(22)20-14-6-4-3-5-7-14/h8-10,14H,3-7,11H2,1-2H3,(H,20,22)(H3,18,19,21). The Morgan fingerprint density at radius 3 is 2.45 bits per heavy atom. The van der Waals surface area contributed by atoms with Crippen molar-refractivity contribution in [3.8, 4) is 0 Å². The maximum Gasteiger partial charge on any atom is 0.242 e. The van der Waals surface area contributed by atoms with E-state index in [4.69, 9.17) is 5.73 Å². The van der Waals surface area contributed by atoms with Crippen molar-refractivity contribution in [2.75, 3.05) is 11.9 Å². The zero-order chi connectivity index (χ0) is 15.9. The number of nitrogens with two attached hydrogens (primary N) is 1. The maximum absolute atomic E-state index is 11.9. The van der Waals surface area contributed by atoms with Crippen molar-refractivity contribution in [2.45, 2.75) is 52.0 Å². The van der Waals surface area contributed by atoms with Crippen molar-refractivity contribution < 1.29 is 4.79 Å². The van der Waals surface area contributed by atoms with Crippen molar-refractivity contribution in [1.29, 1.82) is 0 Å². The Bertz CT molecular complexity index is 527. The van der Waals surface area contributed by atoms with Gasteiger partial charge in [-0.1, -0.05) is 25.3 Å². The number of hydrogen-bond acceptors (Lipinski definition) is 2. The van der Waals surface area contributed by atoms with Gasteiger partial charge in [-0.05, 0) is 49.9 Å². The van der Waals surface area contributed by atoms with E-state index in [1.54, 1.807) is 0 Å². The van der Waals surface area contributed by atoms with Gasteiger partial charge in [-0.25, -0.2) is 4.99 Å². The van der Waals surface area contributed by atoms with Crippen LogP contribution in [0.4, 0.5) is 5.69 Å². The summed E-state index contributed by atoms with van der Waals surface area (Å²) in [5, 5.41) is 6.06. The average Bonchev–Trinajstić information content (AvgIpc) is 2.45. The molecule has 1 aliphatic carbocycles. The van der Waals surface area contributed by atoms with Gasteiger partial charge in [-0.15, -0.1) is 0 Å². The molecule has 0 bridgehead atoms. The minimum Gasteiger partial charge on any atom is -0.370 e. The topological polar surface area (TPSA) is 79.5 Å². The molecule has 5 heteroatoms. The molecule has 1 aromatic rings. The molecule has 120 valence electrons. The number of nitrogens with zero attached hydrogens (tertiary/aromatic N) is 1. The molecule has 4 N–H and O–H groups in total. The molecule has 0 radical (unpaired) electrons. The lowest BCUT2D eigenvalue weighted by molar-refractivity contribution is -0.120. The summed E-state index contributed by atoms with van der Waals surface area (Å²) < 4.78 is 0. The molecule has 1 fully saturated rings. The first-order valence-electron chi connectivity index (χ1n) is 7.97. The molecular formula is C17H26N4O. The van der Waals surface area contributed by atoms with Gasteiger partial charge in [0.15, 0.2) is 5.96 Å². The molecule has 0 unspecified atom stereocenters. The molecule has 0 atom stereocenters. The van der Waals surface area contributed by atoms with E-state index in [9.17, 15) is 4.79 Å². The van der Waals surface area contributed by atoms with E-state index in [2.05, 4.69) is 21.7 Å². The lowest BCUT2D eigenvalue weighted by Crippen LogP contribution is -2.38. The molecule has 0 saturated heterocycles. The van der Waals surface area contributed by atoms with Crippen LogP contribution in [0, 0.1) is 13.8 Å². The predicted octanol–water partition coefficient (Wildman–Crippen LogP) is 2.48. The molecule has 0 aromatic heterocycles. The Morgan fingerprint density at radius 2 is 1.82 bits per heavy atom. The van der Waals surface area contributed by atoms with E-state index in [1.165, 1.54) is 19.3 Å². The van der Waals surface area contributed by atoms with E-state index < -0.39 is 0 Å². The van der Waals surface area contributed by atoms with E-state index >= 15 is 0 Å². The summed E-state index contributed by atoms with van der Waals surface area (Å²) in [6.45, 7) is 4.13. The Morgan fingerprint density at radius 1 is 1.18 bits per heavy atom. The normalized spacial score (nSPS) is 16.4. The first kappa shape index (κ1) is 16.3. The molecule has 5 nitrogen and oxygen atoms in total. The highest BCUT2D eigenvalue weighted by molar-refractivity contribution is 5.94. The van der Waals surface area contributed by atoms with Crippen LogP contribution in [0.5, 0.6) is 0 Å². The first-order valence-corrected chi connectivity index (χ1v) is 7.97. The molecule has 1 amide bonds. The van der Waals surface area contributed by atoms with Crippen molar-refractivity contribution in [3.63, 3.8) is 0 Å². The highest BCUT2D eigenvalue weighted by Crippen LogP contribution is 2.17. The minimum absolute atomic E-state index is 0.0583. The van der Waals surface area contributed by atoms with Gasteiger partial charge < -0.3 is 16.4 Å². The first-order chi connectivity index (χ1) is 10.5. The monoisotopic (exact) mass is 302 g/mol. The van der Waals surface area contributed by atoms with E-state index in [1.807, 2.05) is 26.0 Å². The third-order valence-corrected chi connectivity index (χ3v) is 3.86. The van der Waals surface area contributed by atoms with Crippen LogP contribution >= 0.6 is 0 Å². The van der Waals surface area contributed by atoms with Gasteiger partial charge >= 0.3 is 0 Å². The van der Waals surface area contributed by atoms with E-state index in [0.717, 1.165) is 29.7 Å². The molecule has 0 heterocycles. The second-order valence-corrected chi connectivity index (χ2v) is 6.11. The number of anilines is 1. The summed E-state index contributed by atoms with van der Waals surface area (Å²) in [6.07, 6.45) is 5.82. The average molecular weight is 302 g/mol. The summed E-state index contributed by atoms with van der Waals surface area (Å²) in [5.41, 5.74) is 9.06. The lowest BCUT2D eigenvalue weighted by Gasteiger charge is -2.22. The van der Waals surface area contributed by atoms with E-state index in [0.29, 0.717) is 6.04 Å². The van der Waals surface area contributed by atoms with Crippen LogP contribution in [0.1, 0.15) is 43.2 Å². The van der Waals surface area contributed by atoms with Crippen LogP contribution in [-0.4, -0.2) is 24.5 Å². The van der Waals surface area contributed by atoms with Crippen molar-refractivity contribution in [2.24, 2.45) is 10.7 Å². The molecule has 2 rings (SSSR count). The SMILES string of the molecule is Cc1cc(C)cc(NC(N)=NCC(=O)NC2CCCCC2)c1. The zero-order valence-corrected chi connectivity index (χ0v) is 13.5. The summed E-state index contributed by atoms with van der Waals surface area (Å²) in [6, 6.07) is 6.40. The number of hydrogen-bond donors (Lipinski definition) is 3. The third-order valence-electron chi connectivity index (χ3n) is 3.86. The van der Waals surface area contributed by atoms with Crippen molar-refractivity contribution >= 4 is 17.6 Å². The zero-order valence-electron chi connectivity index (χ0n) is 13.5. The number of aryl methyl sites for hydroxylation is 2. The van der Waals surface area contributed by atoms with Gasteiger partial charge in [0.2, 0.25) is 5.91 Å². The fraction of sp³-hybridized carbons (Fsp3) is 0.529. The van der Waals surface area contributed by atoms with Crippen molar-refractivity contribution in [1.82, 2.24) is 5.32 Å². The Balaban J connectivity index is 1.82. The van der Waals surface area contributed by atoms with Crippen LogP contribution in [0.3, 0.4) is 0 Å². The minimum atomic E-state index is -0.0583. The summed E-state index contributed by atoms with van der Waals surface area (Å²) in [4.78, 5) is 16.0. The molecule has 22 heavy (non-hydrogen) atoms. The molecule has 0 aliphatic heterocycles. The van der Waals surface area contributed by atoms with Crippen LogP contribution in [0.25, 0.3) is 0 Å². The molecule has 1 aliphatic rings. The fourth-order valence-electron chi connectivity index (χ4n) is 2.91. The summed E-state index contributed by atoms with van der Waals surface area (Å²) in [7, 11) is 0. The smallest absolute Gasteiger partial charge is 0.242 e. The van der Waals surface area contributed by atoms with Gasteiger partial charge in [0.1, 0.15) is 6.54 Å². The highest BCUT2D eigenvalue weighted by Gasteiger charge is 2.15. The number of carbonyl (C=O) groups is 1. The van der Waals surface area contributed by atoms with Gasteiger partial charge in [-0.2, -0.15) is 0 Å². The number of guanidine groups is 1. The van der Waals surface area contributed by atoms with Gasteiger partial charge in [-0.3, -0.25) is 4.79 Å². The summed E-state index contributed by atoms with van der Waals surface area (Å²) >= 11 is 0. The highest BCUT2D eigenvalue weighted by atomic mass is 16.1. The summed E-state index contributed by atoms with van der Waals surface area (Å²) in [5.74, 6) is 0.209. The van der Waals surface area contributed by atoms with Crippen LogP contribution in [0.2, 0.25) is 0 Å². The number of benzene rings is 1.